The normalized spacial score (nSPS) is 14.5. The molecule has 2 aromatic carbocycles. The van der Waals surface area contributed by atoms with Crippen molar-refractivity contribution in [1.29, 1.82) is 0 Å². The van der Waals surface area contributed by atoms with Crippen LogP contribution in [0.15, 0.2) is 47.4 Å². The molecule has 4 rings (SSSR count). The summed E-state index contributed by atoms with van der Waals surface area (Å²) in [4.78, 5) is 51.7. The van der Waals surface area contributed by atoms with Crippen molar-refractivity contribution in [3.63, 3.8) is 0 Å². The van der Waals surface area contributed by atoms with Crippen molar-refractivity contribution >= 4 is 29.4 Å². The van der Waals surface area contributed by atoms with E-state index in [0.717, 1.165) is 25.3 Å². The number of rotatable bonds is 11. The van der Waals surface area contributed by atoms with Crippen LogP contribution in [-0.4, -0.2) is 33.5 Å². The van der Waals surface area contributed by atoms with Gasteiger partial charge in [0.2, 0.25) is 5.91 Å². The number of aryl methyl sites for hydroxylation is 2. The van der Waals surface area contributed by atoms with Crippen LogP contribution in [0.4, 0.5) is 8.78 Å². The highest BCUT2D eigenvalue weighted by atomic mass is 35.5. The molecular formula is C33H36ClF2N3O5. The number of benzene rings is 2. The third-order valence-corrected chi connectivity index (χ3v) is 8.15. The lowest BCUT2D eigenvalue weighted by Crippen LogP contribution is -2.49. The lowest BCUT2D eigenvalue weighted by Gasteiger charge is -2.28. The number of hydrogen-bond donors (Lipinski definition) is 3. The van der Waals surface area contributed by atoms with E-state index in [1.807, 2.05) is 13.8 Å². The van der Waals surface area contributed by atoms with Gasteiger partial charge in [0.15, 0.2) is 11.6 Å². The first-order valence-electron chi connectivity index (χ1n) is 14.6. The summed E-state index contributed by atoms with van der Waals surface area (Å²) in [6.07, 6.45) is 3.69. The first kappa shape index (κ1) is 32.9. The van der Waals surface area contributed by atoms with E-state index < -0.39 is 53.5 Å². The number of aliphatic carboxylic acids is 1. The predicted octanol–water partition coefficient (Wildman–Crippen LogP) is 6.27. The molecule has 1 saturated carbocycles. The summed E-state index contributed by atoms with van der Waals surface area (Å²) < 4.78 is 31.8. The Hall–Kier alpha value is -4.05. The van der Waals surface area contributed by atoms with Crippen molar-refractivity contribution in [2.45, 2.75) is 77.9 Å². The SMILES string of the molecule is Cc1cc(Cl)cc(C)c1-c1cc(F)c(F)c([C@H](CC(=O)O)NC(=O)[C@H](CC(C)C)NC(=O)c2cccn(C3CCC3)c2=O)c1. The molecule has 3 N–H and O–H groups in total. The molecule has 1 heterocycles. The summed E-state index contributed by atoms with van der Waals surface area (Å²) in [5.41, 5.74) is 1.32. The van der Waals surface area contributed by atoms with E-state index in [2.05, 4.69) is 10.6 Å². The zero-order chi connectivity index (χ0) is 32.3. The highest BCUT2D eigenvalue weighted by Crippen LogP contribution is 2.34. The number of carbonyl (C=O) groups is 3. The summed E-state index contributed by atoms with van der Waals surface area (Å²) >= 11 is 6.15. The van der Waals surface area contributed by atoms with Crippen LogP contribution >= 0.6 is 11.6 Å². The average molecular weight is 628 g/mol. The van der Waals surface area contributed by atoms with E-state index in [1.165, 1.54) is 16.7 Å². The number of carbonyl (C=O) groups excluding carboxylic acids is 2. The molecule has 1 aromatic heterocycles. The molecule has 0 saturated heterocycles. The molecular weight excluding hydrogens is 592 g/mol. The van der Waals surface area contributed by atoms with Crippen molar-refractivity contribution in [3.8, 4) is 11.1 Å². The number of hydrogen-bond acceptors (Lipinski definition) is 4. The van der Waals surface area contributed by atoms with Crippen LogP contribution in [0.25, 0.3) is 11.1 Å². The van der Waals surface area contributed by atoms with Crippen LogP contribution in [0, 0.1) is 31.4 Å². The number of pyridine rings is 1. The smallest absolute Gasteiger partial charge is 0.305 e. The number of nitrogens with zero attached hydrogens (tertiary/aromatic N) is 1. The molecule has 1 fully saturated rings. The van der Waals surface area contributed by atoms with Gasteiger partial charge >= 0.3 is 5.97 Å². The maximum absolute atomic E-state index is 15.3. The van der Waals surface area contributed by atoms with Gasteiger partial charge in [0.1, 0.15) is 11.6 Å². The molecule has 2 amide bonds. The van der Waals surface area contributed by atoms with Crippen molar-refractivity contribution in [2.75, 3.05) is 0 Å². The van der Waals surface area contributed by atoms with Crippen LogP contribution < -0.4 is 16.2 Å². The van der Waals surface area contributed by atoms with Gasteiger partial charge in [0.05, 0.1) is 12.5 Å². The van der Waals surface area contributed by atoms with E-state index in [-0.39, 0.29) is 35.1 Å². The van der Waals surface area contributed by atoms with E-state index in [0.29, 0.717) is 21.7 Å². The molecule has 11 heteroatoms. The highest BCUT2D eigenvalue weighted by molar-refractivity contribution is 6.30. The number of carboxylic acid groups (broad SMARTS) is 1. The van der Waals surface area contributed by atoms with Gasteiger partial charge in [0, 0.05) is 22.8 Å². The second-order valence-corrected chi connectivity index (χ2v) is 12.2. The molecule has 3 aromatic rings. The quantitative estimate of drug-likeness (QED) is 0.232. The Kier molecular flexibility index (Phi) is 10.2. The third-order valence-electron chi connectivity index (χ3n) is 7.93. The number of carboxylic acids is 1. The summed E-state index contributed by atoms with van der Waals surface area (Å²) in [6.45, 7) is 7.17. The molecule has 0 spiro atoms. The fourth-order valence-corrected chi connectivity index (χ4v) is 5.96. The zero-order valence-corrected chi connectivity index (χ0v) is 25.8. The van der Waals surface area contributed by atoms with Crippen molar-refractivity contribution in [3.05, 3.63) is 91.9 Å². The topological polar surface area (TPSA) is 118 Å². The summed E-state index contributed by atoms with van der Waals surface area (Å²) in [6, 6.07) is 6.03. The van der Waals surface area contributed by atoms with Crippen molar-refractivity contribution in [2.24, 2.45) is 5.92 Å². The third kappa shape index (κ3) is 7.35. The minimum absolute atomic E-state index is 0.0216. The van der Waals surface area contributed by atoms with Crippen LogP contribution in [-0.2, 0) is 9.59 Å². The van der Waals surface area contributed by atoms with Crippen LogP contribution in [0.3, 0.4) is 0 Å². The van der Waals surface area contributed by atoms with Gasteiger partial charge in [-0.05, 0) is 104 Å². The second-order valence-electron chi connectivity index (χ2n) is 11.8. The lowest BCUT2D eigenvalue weighted by atomic mass is 9.91. The van der Waals surface area contributed by atoms with Crippen LogP contribution in [0.5, 0.6) is 0 Å². The molecule has 0 aliphatic heterocycles. The molecule has 0 unspecified atom stereocenters. The molecule has 8 nitrogen and oxygen atoms in total. The summed E-state index contributed by atoms with van der Waals surface area (Å²) in [7, 11) is 0. The van der Waals surface area contributed by atoms with Gasteiger partial charge < -0.3 is 20.3 Å². The minimum atomic E-state index is -1.47. The molecule has 1 aliphatic carbocycles. The van der Waals surface area contributed by atoms with Crippen molar-refractivity contribution < 1.29 is 28.3 Å². The minimum Gasteiger partial charge on any atom is -0.481 e. The van der Waals surface area contributed by atoms with Gasteiger partial charge in [-0.2, -0.15) is 0 Å². The van der Waals surface area contributed by atoms with E-state index in [9.17, 15) is 24.3 Å². The highest BCUT2D eigenvalue weighted by Gasteiger charge is 2.30. The van der Waals surface area contributed by atoms with Crippen LogP contribution in [0.1, 0.15) is 85.1 Å². The maximum Gasteiger partial charge on any atom is 0.305 e. The summed E-state index contributed by atoms with van der Waals surface area (Å²) in [5.74, 6) is -5.52. The van der Waals surface area contributed by atoms with E-state index in [1.54, 1.807) is 38.2 Å². The molecule has 0 radical (unpaired) electrons. The Labute approximate surface area is 259 Å². The zero-order valence-electron chi connectivity index (χ0n) is 25.0. The summed E-state index contributed by atoms with van der Waals surface area (Å²) in [5, 5.41) is 15.2. The Morgan fingerprint density at radius 1 is 1.07 bits per heavy atom. The van der Waals surface area contributed by atoms with E-state index in [4.69, 9.17) is 11.6 Å². The predicted molar refractivity (Wildman–Crippen MR) is 164 cm³/mol. The molecule has 2 atom stereocenters. The fourth-order valence-electron chi connectivity index (χ4n) is 5.63. The Bertz CT molecular complexity index is 1630. The Morgan fingerprint density at radius 3 is 2.30 bits per heavy atom. The molecule has 234 valence electrons. The number of aromatic nitrogens is 1. The van der Waals surface area contributed by atoms with Gasteiger partial charge in [-0.25, -0.2) is 8.78 Å². The monoisotopic (exact) mass is 627 g/mol. The molecule has 1 aliphatic rings. The standard InChI is InChI=1S/C33H36ClF2N3O5/c1-17(2)11-27(38-31(42)23-9-6-10-39(33(23)44)22-7-5-8-22)32(43)37-26(16-28(40)41)24-14-20(15-25(35)30(24)36)29-18(3)12-21(34)13-19(29)4/h6,9-10,12-15,17,22,26-27H,5,7-8,11,16H2,1-4H3,(H,37,43)(H,38,42)(H,40,41)/t26-,27-/m0/s1. The second kappa shape index (κ2) is 13.7. The van der Waals surface area contributed by atoms with Crippen molar-refractivity contribution in [1.82, 2.24) is 15.2 Å². The number of halogens is 3. The van der Waals surface area contributed by atoms with Crippen LogP contribution in [0.2, 0.25) is 5.02 Å². The Balaban J connectivity index is 1.66. The number of amides is 2. The van der Waals surface area contributed by atoms with Gasteiger partial charge in [-0.15, -0.1) is 0 Å². The van der Waals surface area contributed by atoms with Gasteiger partial charge in [-0.3, -0.25) is 19.2 Å². The van der Waals surface area contributed by atoms with E-state index >= 15 is 8.78 Å². The maximum atomic E-state index is 15.3. The Morgan fingerprint density at radius 2 is 1.73 bits per heavy atom. The molecule has 44 heavy (non-hydrogen) atoms. The first-order valence-corrected chi connectivity index (χ1v) is 14.9. The number of nitrogens with one attached hydrogen (secondary N) is 2. The van der Waals surface area contributed by atoms with Gasteiger partial charge in [-0.1, -0.05) is 25.4 Å². The fraction of sp³-hybridized carbons (Fsp3) is 0.394. The lowest BCUT2D eigenvalue weighted by molar-refractivity contribution is -0.137. The molecule has 0 bridgehead atoms. The first-order chi connectivity index (χ1) is 20.8. The largest absolute Gasteiger partial charge is 0.481 e. The van der Waals surface area contributed by atoms with Gasteiger partial charge in [0.25, 0.3) is 11.5 Å². The average Bonchev–Trinajstić information content (AvgIpc) is 2.88.